The van der Waals surface area contributed by atoms with Gasteiger partial charge < -0.3 is 26.2 Å². The number of hydrogen-bond donors (Lipinski definition) is 5. The Morgan fingerprint density at radius 2 is 0.952 bits per heavy atom. The minimum Gasteiger partial charge on any atom is -0.395 e. The summed E-state index contributed by atoms with van der Waals surface area (Å²) in [6.45, 7) is 12.4. The van der Waals surface area contributed by atoms with Gasteiger partial charge in [0.15, 0.2) is 0 Å². The van der Waals surface area contributed by atoms with E-state index in [1.54, 1.807) is 0 Å². The van der Waals surface area contributed by atoms with Crippen LogP contribution in [0.15, 0.2) is 0 Å². The normalized spacial score (nSPS) is 17.4. The summed E-state index contributed by atoms with van der Waals surface area (Å²) < 4.78 is 0. The Kier molecular flexibility index (Phi) is 12.0. The maximum atomic E-state index is 8.70. The monoisotopic (exact) mass is 303 g/mol. The molecule has 5 N–H and O–H groups in total. The van der Waals surface area contributed by atoms with Gasteiger partial charge in [-0.15, -0.1) is 0 Å². The van der Waals surface area contributed by atoms with Crippen molar-refractivity contribution < 1.29 is 10.2 Å². The zero-order valence-corrected chi connectivity index (χ0v) is 13.2. The molecule has 1 heterocycles. The van der Waals surface area contributed by atoms with E-state index in [-0.39, 0.29) is 13.2 Å². The molecular weight excluding hydrogens is 270 g/mol. The van der Waals surface area contributed by atoms with Gasteiger partial charge in [0.1, 0.15) is 0 Å². The SMILES string of the molecule is OCCNCCNCCN1CCN(CCNCCO)CC1. The zero-order valence-electron chi connectivity index (χ0n) is 13.2. The number of hydrogen-bond acceptors (Lipinski definition) is 7. The Morgan fingerprint density at radius 3 is 1.38 bits per heavy atom. The van der Waals surface area contributed by atoms with Gasteiger partial charge in [0.25, 0.3) is 0 Å². The van der Waals surface area contributed by atoms with Crippen molar-refractivity contribution in [1.29, 1.82) is 0 Å². The van der Waals surface area contributed by atoms with Crippen molar-refractivity contribution in [2.24, 2.45) is 0 Å². The molecule has 0 saturated carbocycles. The molecule has 0 radical (unpaired) electrons. The highest BCUT2D eigenvalue weighted by atomic mass is 16.3. The molecule has 7 nitrogen and oxygen atoms in total. The molecule has 0 spiro atoms. The molecule has 1 fully saturated rings. The van der Waals surface area contributed by atoms with Crippen LogP contribution < -0.4 is 16.0 Å². The summed E-state index contributed by atoms with van der Waals surface area (Å²) >= 11 is 0. The third-order valence-corrected chi connectivity index (χ3v) is 3.73. The molecule has 0 amide bonds. The van der Waals surface area contributed by atoms with E-state index >= 15 is 0 Å². The highest BCUT2D eigenvalue weighted by Crippen LogP contribution is 1.99. The van der Waals surface area contributed by atoms with Crippen molar-refractivity contribution in [3.63, 3.8) is 0 Å². The maximum Gasteiger partial charge on any atom is 0.0555 e. The molecule has 0 aromatic heterocycles. The lowest BCUT2D eigenvalue weighted by Crippen LogP contribution is -2.49. The van der Waals surface area contributed by atoms with Gasteiger partial charge in [-0.1, -0.05) is 0 Å². The molecule has 0 unspecified atom stereocenters. The summed E-state index contributed by atoms with van der Waals surface area (Å²) in [7, 11) is 0. The second-order valence-electron chi connectivity index (χ2n) is 5.38. The van der Waals surface area contributed by atoms with E-state index in [2.05, 4.69) is 25.8 Å². The van der Waals surface area contributed by atoms with Crippen LogP contribution in [0.3, 0.4) is 0 Å². The highest BCUT2D eigenvalue weighted by molar-refractivity contribution is 4.73. The number of nitrogens with one attached hydrogen (secondary N) is 3. The highest BCUT2D eigenvalue weighted by Gasteiger charge is 2.15. The second kappa shape index (κ2) is 13.4. The average Bonchev–Trinajstić information content (AvgIpc) is 2.52. The molecule has 1 rings (SSSR count). The number of rotatable bonds is 13. The van der Waals surface area contributed by atoms with Crippen molar-refractivity contribution in [3.05, 3.63) is 0 Å². The lowest BCUT2D eigenvalue weighted by Gasteiger charge is -2.34. The van der Waals surface area contributed by atoms with Crippen molar-refractivity contribution in [2.45, 2.75) is 0 Å². The van der Waals surface area contributed by atoms with Crippen LogP contribution in [-0.4, -0.2) is 112 Å². The molecule has 1 aliphatic heterocycles. The second-order valence-corrected chi connectivity index (χ2v) is 5.38. The van der Waals surface area contributed by atoms with Crippen LogP contribution in [0.5, 0.6) is 0 Å². The minimum atomic E-state index is 0.208. The van der Waals surface area contributed by atoms with Crippen molar-refractivity contribution in [3.8, 4) is 0 Å². The molecule has 21 heavy (non-hydrogen) atoms. The third-order valence-electron chi connectivity index (χ3n) is 3.73. The van der Waals surface area contributed by atoms with Crippen molar-refractivity contribution in [1.82, 2.24) is 25.8 Å². The quantitative estimate of drug-likeness (QED) is 0.238. The Labute approximate surface area is 128 Å². The third kappa shape index (κ3) is 10.1. The number of piperazine rings is 1. The summed E-state index contributed by atoms with van der Waals surface area (Å²) in [4.78, 5) is 4.99. The molecule has 0 aliphatic carbocycles. The van der Waals surface area contributed by atoms with Crippen LogP contribution in [0.4, 0.5) is 0 Å². The first-order valence-corrected chi connectivity index (χ1v) is 8.15. The average molecular weight is 303 g/mol. The fourth-order valence-electron chi connectivity index (χ4n) is 2.42. The Bertz CT molecular complexity index is 223. The Hall–Kier alpha value is -0.280. The molecule has 126 valence electrons. The van der Waals surface area contributed by atoms with Gasteiger partial charge in [-0.05, 0) is 0 Å². The molecule has 1 saturated heterocycles. The Morgan fingerprint density at radius 1 is 0.571 bits per heavy atom. The van der Waals surface area contributed by atoms with Crippen LogP contribution >= 0.6 is 0 Å². The number of nitrogens with zero attached hydrogens (tertiary/aromatic N) is 2. The molecule has 0 aromatic rings. The standard InChI is InChI=1S/C14H33N5O2/c20-13-5-16-2-1-15-3-7-18-9-11-19(12-10-18)8-4-17-6-14-21/h15-17,20-21H,1-14H2. The molecular formula is C14H33N5O2. The summed E-state index contributed by atoms with van der Waals surface area (Å²) in [5.41, 5.74) is 0. The van der Waals surface area contributed by atoms with Gasteiger partial charge in [0, 0.05) is 78.5 Å². The fraction of sp³-hybridized carbons (Fsp3) is 1.00. The zero-order chi connectivity index (χ0) is 15.2. The van der Waals surface area contributed by atoms with E-state index in [9.17, 15) is 0 Å². The fourth-order valence-corrected chi connectivity index (χ4v) is 2.42. The lowest BCUT2D eigenvalue weighted by atomic mass is 10.3. The molecule has 0 atom stereocenters. The first-order chi connectivity index (χ1) is 10.4. The van der Waals surface area contributed by atoms with E-state index in [0.717, 1.165) is 65.4 Å². The van der Waals surface area contributed by atoms with Gasteiger partial charge in [-0.2, -0.15) is 0 Å². The topological polar surface area (TPSA) is 83.0 Å². The van der Waals surface area contributed by atoms with E-state index in [0.29, 0.717) is 13.1 Å². The summed E-state index contributed by atoms with van der Waals surface area (Å²) in [6.07, 6.45) is 0. The minimum absolute atomic E-state index is 0.208. The van der Waals surface area contributed by atoms with Gasteiger partial charge in [0.05, 0.1) is 13.2 Å². The van der Waals surface area contributed by atoms with E-state index in [4.69, 9.17) is 10.2 Å². The lowest BCUT2D eigenvalue weighted by molar-refractivity contribution is 0.133. The summed E-state index contributed by atoms with van der Waals surface area (Å²) in [5, 5.41) is 27.1. The van der Waals surface area contributed by atoms with Crippen LogP contribution in [0.1, 0.15) is 0 Å². The van der Waals surface area contributed by atoms with Crippen LogP contribution in [0.2, 0.25) is 0 Å². The number of aliphatic hydroxyl groups excluding tert-OH is 2. The maximum absolute atomic E-state index is 8.70. The summed E-state index contributed by atoms with van der Waals surface area (Å²) in [5.74, 6) is 0. The van der Waals surface area contributed by atoms with Crippen LogP contribution in [0, 0.1) is 0 Å². The molecule has 0 aromatic carbocycles. The first kappa shape index (κ1) is 18.8. The molecule has 1 aliphatic rings. The van der Waals surface area contributed by atoms with E-state index < -0.39 is 0 Å². The van der Waals surface area contributed by atoms with Gasteiger partial charge in [-0.3, -0.25) is 9.80 Å². The van der Waals surface area contributed by atoms with Crippen LogP contribution in [0.25, 0.3) is 0 Å². The van der Waals surface area contributed by atoms with Gasteiger partial charge >= 0.3 is 0 Å². The van der Waals surface area contributed by atoms with E-state index in [1.807, 2.05) is 0 Å². The Balaban J connectivity index is 1.89. The number of aliphatic hydroxyl groups is 2. The summed E-state index contributed by atoms with van der Waals surface area (Å²) in [6, 6.07) is 0. The predicted molar refractivity (Wildman–Crippen MR) is 85.7 cm³/mol. The smallest absolute Gasteiger partial charge is 0.0555 e. The van der Waals surface area contributed by atoms with Crippen molar-refractivity contribution >= 4 is 0 Å². The van der Waals surface area contributed by atoms with E-state index in [1.165, 1.54) is 0 Å². The molecule has 0 bridgehead atoms. The van der Waals surface area contributed by atoms with Crippen molar-refractivity contribution in [2.75, 3.05) is 91.8 Å². The van der Waals surface area contributed by atoms with Gasteiger partial charge in [-0.25, -0.2) is 0 Å². The van der Waals surface area contributed by atoms with Crippen LogP contribution in [-0.2, 0) is 0 Å². The predicted octanol–water partition coefficient (Wildman–Crippen LogP) is -2.64. The first-order valence-electron chi connectivity index (χ1n) is 8.15. The largest absolute Gasteiger partial charge is 0.395 e. The molecule has 7 heteroatoms. The van der Waals surface area contributed by atoms with Gasteiger partial charge in [0.2, 0.25) is 0 Å².